The summed E-state index contributed by atoms with van der Waals surface area (Å²) in [4.78, 5) is 11.6. The Bertz CT molecular complexity index is 824. The minimum atomic E-state index is -2.98. The summed E-state index contributed by atoms with van der Waals surface area (Å²) in [6.45, 7) is 0. The highest BCUT2D eigenvalue weighted by Gasteiger charge is 2.46. The largest absolute Gasteiger partial charge is 0.481 e. The van der Waals surface area contributed by atoms with E-state index in [0.29, 0.717) is 26.9 Å². The molecule has 1 aliphatic carbocycles. The average Bonchev–Trinajstić information content (AvgIpc) is 2.91. The van der Waals surface area contributed by atoms with E-state index in [0.717, 1.165) is 0 Å². The molecular weight excluding hydrogens is 481 g/mol. The standard InChI is InChI=1S/C17H15Br2F3N2O2/c18-8-13-14(19)15(23-24(13)10-3-1-9(20)2-4-10)11-5-6-17(21,22)7-12(11)16(25)26/h1-4,11-12H,5-8H2,(H,25,26). The van der Waals surface area contributed by atoms with E-state index in [1.165, 1.54) is 12.1 Å². The number of benzene rings is 1. The molecule has 9 heteroatoms. The summed E-state index contributed by atoms with van der Waals surface area (Å²) in [5.41, 5.74) is 1.74. The van der Waals surface area contributed by atoms with Crippen LogP contribution in [0.15, 0.2) is 28.7 Å². The van der Waals surface area contributed by atoms with Crippen LogP contribution in [0.25, 0.3) is 5.69 Å². The Morgan fingerprint density at radius 3 is 2.58 bits per heavy atom. The monoisotopic (exact) mass is 494 g/mol. The van der Waals surface area contributed by atoms with Crippen LogP contribution in [0.2, 0.25) is 0 Å². The van der Waals surface area contributed by atoms with Crippen molar-refractivity contribution in [1.29, 1.82) is 0 Å². The summed E-state index contributed by atoms with van der Waals surface area (Å²) in [5.74, 6) is -6.46. The van der Waals surface area contributed by atoms with Gasteiger partial charge in [0, 0.05) is 24.1 Å². The van der Waals surface area contributed by atoms with Gasteiger partial charge in [0.05, 0.1) is 27.5 Å². The van der Waals surface area contributed by atoms with E-state index in [4.69, 9.17) is 0 Å². The molecule has 2 atom stereocenters. The number of halogens is 5. The first-order valence-corrected chi connectivity index (χ1v) is 9.85. The molecule has 1 aliphatic rings. The van der Waals surface area contributed by atoms with Crippen LogP contribution < -0.4 is 0 Å². The smallest absolute Gasteiger partial charge is 0.307 e. The van der Waals surface area contributed by atoms with Crippen LogP contribution in [0.5, 0.6) is 0 Å². The molecule has 1 aromatic carbocycles. The predicted molar refractivity (Wildman–Crippen MR) is 96.5 cm³/mol. The first kappa shape index (κ1) is 19.4. The molecule has 1 heterocycles. The third kappa shape index (κ3) is 3.69. The number of carbonyl (C=O) groups is 1. The maximum absolute atomic E-state index is 13.7. The van der Waals surface area contributed by atoms with Gasteiger partial charge < -0.3 is 5.11 Å². The molecule has 1 aromatic heterocycles. The highest BCUT2D eigenvalue weighted by molar-refractivity contribution is 9.10. The van der Waals surface area contributed by atoms with Gasteiger partial charge in [-0.1, -0.05) is 15.9 Å². The van der Waals surface area contributed by atoms with Crippen LogP contribution in [0, 0.1) is 11.7 Å². The number of rotatable bonds is 4. The lowest BCUT2D eigenvalue weighted by Crippen LogP contribution is -2.36. The summed E-state index contributed by atoms with van der Waals surface area (Å²) in [7, 11) is 0. The van der Waals surface area contributed by atoms with Crippen molar-refractivity contribution in [2.45, 2.75) is 36.4 Å². The van der Waals surface area contributed by atoms with Crippen LogP contribution in [0.3, 0.4) is 0 Å². The third-order valence-corrected chi connectivity index (χ3v) is 6.03. The molecule has 26 heavy (non-hydrogen) atoms. The van der Waals surface area contributed by atoms with Gasteiger partial charge in [-0.25, -0.2) is 17.9 Å². The van der Waals surface area contributed by atoms with Crippen LogP contribution in [-0.2, 0) is 10.1 Å². The zero-order valence-electron chi connectivity index (χ0n) is 13.4. The Hall–Kier alpha value is -1.35. The lowest BCUT2D eigenvalue weighted by Gasteiger charge is -2.32. The molecule has 0 saturated heterocycles. The molecule has 0 spiro atoms. The van der Waals surface area contributed by atoms with Gasteiger partial charge in [0.15, 0.2) is 0 Å². The fourth-order valence-corrected chi connectivity index (χ4v) is 4.90. The van der Waals surface area contributed by atoms with E-state index in [1.54, 1.807) is 16.8 Å². The number of carboxylic acids is 1. The zero-order valence-corrected chi connectivity index (χ0v) is 16.6. The van der Waals surface area contributed by atoms with Crippen molar-refractivity contribution >= 4 is 37.8 Å². The van der Waals surface area contributed by atoms with Gasteiger partial charge in [0.25, 0.3) is 0 Å². The predicted octanol–water partition coefficient (Wildman–Crippen LogP) is 5.27. The SMILES string of the molecule is O=C(O)C1CC(F)(F)CCC1c1nn(-c2ccc(F)cc2)c(CBr)c1Br. The molecule has 2 aromatic rings. The van der Waals surface area contributed by atoms with E-state index in [9.17, 15) is 23.1 Å². The molecule has 0 bridgehead atoms. The van der Waals surface area contributed by atoms with Crippen molar-refractivity contribution in [1.82, 2.24) is 9.78 Å². The Balaban J connectivity index is 2.05. The number of hydrogen-bond donors (Lipinski definition) is 1. The first-order valence-electron chi connectivity index (χ1n) is 7.93. The normalized spacial score (nSPS) is 22.3. The van der Waals surface area contributed by atoms with Gasteiger partial charge in [-0.05, 0) is 46.6 Å². The van der Waals surface area contributed by atoms with Crippen LogP contribution in [0.4, 0.5) is 13.2 Å². The second-order valence-corrected chi connectivity index (χ2v) is 7.67. The zero-order chi connectivity index (χ0) is 19.1. The van der Waals surface area contributed by atoms with Gasteiger partial charge in [-0.2, -0.15) is 5.10 Å². The molecule has 0 aliphatic heterocycles. The lowest BCUT2D eigenvalue weighted by molar-refractivity contribution is -0.150. The summed E-state index contributed by atoms with van der Waals surface area (Å²) in [6, 6.07) is 5.69. The van der Waals surface area contributed by atoms with Gasteiger partial charge in [-0.15, -0.1) is 0 Å². The van der Waals surface area contributed by atoms with Gasteiger partial charge >= 0.3 is 5.97 Å². The third-order valence-electron chi connectivity index (χ3n) is 4.63. The highest BCUT2D eigenvalue weighted by Crippen LogP contribution is 2.47. The van der Waals surface area contributed by atoms with Gasteiger partial charge in [0.2, 0.25) is 5.92 Å². The molecule has 3 rings (SSSR count). The lowest BCUT2D eigenvalue weighted by atomic mass is 9.75. The summed E-state index contributed by atoms with van der Waals surface area (Å²) in [6.07, 6.45) is -1.04. The maximum Gasteiger partial charge on any atom is 0.307 e. The van der Waals surface area contributed by atoms with Crippen molar-refractivity contribution in [3.05, 3.63) is 45.9 Å². The number of nitrogens with zero attached hydrogens (tertiary/aromatic N) is 2. The van der Waals surface area contributed by atoms with Gasteiger partial charge in [0.1, 0.15) is 5.82 Å². The summed E-state index contributed by atoms with van der Waals surface area (Å²) in [5, 5.41) is 14.3. The van der Waals surface area contributed by atoms with Crippen molar-refractivity contribution in [3.8, 4) is 5.69 Å². The molecule has 1 saturated carbocycles. The summed E-state index contributed by atoms with van der Waals surface area (Å²) < 4.78 is 42.8. The number of carboxylic acid groups (broad SMARTS) is 1. The second kappa shape index (κ2) is 7.34. The second-order valence-electron chi connectivity index (χ2n) is 6.32. The quantitative estimate of drug-likeness (QED) is 0.587. The molecule has 4 nitrogen and oxygen atoms in total. The molecule has 2 unspecified atom stereocenters. The minimum Gasteiger partial charge on any atom is -0.481 e. The topological polar surface area (TPSA) is 55.1 Å². The van der Waals surface area contributed by atoms with E-state index in [2.05, 4.69) is 37.0 Å². The molecule has 0 amide bonds. The highest BCUT2D eigenvalue weighted by atomic mass is 79.9. The van der Waals surface area contributed by atoms with E-state index < -0.39 is 30.1 Å². The Labute approximate surface area is 164 Å². The fourth-order valence-electron chi connectivity index (χ4n) is 3.32. The number of aliphatic carboxylic acids is 1. The molecule has 1 N–H and O–H groups in total. The van der Waals surface area contributed by atoms with E-state index in [1.807, 2.05) is 0 Å². The van der Waals surface area contributed by atoms with Crippen LogP contribution >= 0.6 is 31.9 Å². The molecule has 140 valence electrons. The molecule has 0 radical (unpaired) electrons. The Kier molecular flexibility index (Phi) is 5.48. The van der Waals surface area contributed by atoms with Crippen molar-refractivity contribution in [3.63, 3.8) is 0 Å². The average molecular weight is 496 g/mol. The Morgan fingerprint density at radius 2 is 2.00 bits per heavy atom. The fraction of sp³-hybridized carbons (Fsp3) is 0.412. The molecular formula is C17H15Br2F3N2O2. The van der Waals surface area contributed by atoms with Crippen molar-refractivity contribution in [2.75, 3.05) is 0 Å². The number of hydrogen-bond acceptors (Lipinski definition) is 2. The minimum absolute atomic E-state index is 0.0325. The van der Waals surface area contributed by atoms with Gasteiger partial charge in [-0.3, -0.25) is 4.79 Å². The van der Waals surface area contributed by atoms with Crippen LogP contribution in [0.1, 0.15) is 36.6 Å². The van der Waals surface area contributed by atoms with E-state index in [-0.39, 0.29) is 18.7 Å². The van der Waals surface area contributed by atoms with Crippen molar-refractivity contribution in [2.24, 2.45) is 5.92 Å². The van der Waals surface area contributed by atoms with Crippen LogP contribution in [-0.4, -0.2) is 26.8 Å². The molecule has 1 fully saturated rings. The van der Waals surface area contributed by atoms with E-state index >= 15 is 0 Å². The van der Waals surface area contributed by atoms with Crippen molar-refractivity contribution < 1.29 is 23.1 Å². The number of alkyl halides is 3. The maximum atomic E-state index is 13.7. The number of aromatic nitrogens is 2. The summed E-state index contributed by atoms with van der Waals surface area (Å²) >= 11 is 6.82. The first-order chi connectivity index (χ1) is 12.2. The Morgan fingerprint density at radius 1 is 1.35 bits per heavy atom.